The third-order valence-electron chi connectivity index (χ3n) is 5.07. The van der Waals surface area contributed by atoms with Gasteiger partial charge in [0.1, 0.15) is 5.82 Å². The zero-order valence-electron chi connectivity index (χ0n) is 16.6. The van der Waals surface area contributed by atoms with Crippen LogP contribution in [0.3, 0.4) is 0 Å². The van der Waals surface area contributed by atoms with Crippen LogP contribution < -0.4 is 4.90 Å². The number of anilines is 1. The van der Waals surface area contributed by atoms with Crippen LogP contribution in [0.1, 0.15) is 27.9 Å². The van der Waals surface area contributed by atoms with Gasteiger partial charge in [0.25, 0.3) is 5.91 Å². The number of aromatic nitrogens is 3. The largest absolute Gasteiger partial charge is 0.337 e. The van der Waals surface area contributed by atoms with Gasteiger partial charge in [-0.3, -0.25) is 9.69 Å². The molecule has 0 fully saturated rings. The van der Waals surface area contributed by atoms with Crippen molar-refractivity contribution in [2.45, 2.75) is 26.8 Å². The van der Waals surface area contributed by atoms with E-state index in [-0.39, 0.29) is 16.5 Å². The molecule has 8 heteroatoms. The van der Waals surface area contributed by atoms with Crippen LogP contribution in [0.2, 0.25) is 5.02 Å². The second-order valence-corrected chi connectivity index (χ2v) is 8.50. The summed E-state index contributed by atoms with van der Waals surface area (Å²) in [6, 6.07) is 7.91. The number of amides is 1. The van der Waals surface area contributed by atoms with E-state index in [1.165, 1.54) is 23.5 Å². The number of carbonyl (C=O) groups excluding carboxylic acids is 1. The topological polar surface area (TPSA) is 51.0 Å². The summed E-state index contributed by atoms with van der Waals surface area (Å²) in [4.78, 5) is 23.8. The van der Waals surface area contributed by atoms with Gasteiger partial charge in [0.2, 0.25) is 0 Å². The number of halogens is 2. The van der Waals surface area contributed by atoms with Crippen LogP contribution in [0.15, 0.2) is 49.1 Å². The van der Waals surface area contributed by atoms with Gasteiger partial charge in [0.05, 0.1) is 27.1 Å². The van der Waals surface area contributed by atoms with E-state index in [2.05, 4.69) is 11.1 Å². The highest BCUT2D eigenvalue weighted by Crippen LogP contribution is 2.33. The first-order valence-electron chi connectivity index (χ1n) is 9.53. The highest BCUT2D eigenvalue weighted by Gasteiger charge is 2.23. The Kier molecular flexibility index (Phi) is 5.83. The van der Waals surface area contributed by atoms with Crippen molar-refractivity contribution in [3.8, 4) is 0 Å². The minimum Gasteiger partial charge on any atom is -0.337 e. The summed E-state index contributed by atoms with van der Waals surface area (Å²) < 4.78 is 16.5. The van der Waals surface area contributed by atoms with Gasteiger partial charge in [-0.1, -0.05) is 29.0 Å². The zero-order chi connectivity index (χ0) is 21.3. The Morgan fingerprint density at radius 1 is 1.27 bits per heavy atom. The molecule has 30 heavy (non-hydrogen) atoms. The van der Waals surface area contributed by atoms with Gasteiger partial charge >= 0.3 is 0 Å². The normalized spacial score (nSPS) is 11.2. The molecule has 0 saturated heterocycles. The minimum atomic E-state index is -0.478. The quantitative estimate of drug-likeness (QED) is 0.388. The lowest BCUT2D eigenvalue weighted by Crippen LogP contribution is -2.32. The van der Waals surface area contributed by atoms with E-state index in [1.54, 1.807) is 17.4 Å². The number of rotatable bonds is 6. The molecule has 2 aromatic carbocycles. The van der Waals surface area contributed by atoms with Crippen molar-refractivity contribution in [3.63, 3.8) is 0 Å². The maximum absolute atomic E-state index is 13.5. The van der Waals surface area contributed by atoms with Crippen LogP contribution in [-0.2, 0) is 6.54 Å². The second kappa shape index (κ2) is 8.53. The monoisotopic (exact) mass is 442 g/mol. The molecule has 0 bridgehead atoms. The lowest BCUT2D eigenvalue weighted by molar-refractivity contribution is 0.0986. The Morgan fingerprint density at radius 3 is 2.83 bits per heavy atom. The summed E-state index contributed by atoms with van der Waals surface area (Å²) in [5, 5.41) is 0.697. The van der Waals surface area contributed by atoms with Gasteiger partial charge in [-0.25, -0.2) is 14.4 Å². The van der Waals surface area contributed by atoms with Crippen molar-refractivity contribution in [1.29, 1.82) is 0 Å². The van der Waals surface area contributed by atoms with Gasteiger partial charge in [0, 0.05) is 25.5 Å². The summed E-state index contributed by atoms with van der Waals surface area (Å²) in [5.41, 5.74) is 3.40. The lowest BCUT2D eigenvalue weighted by atomic mass is 10.1. The van der Waals surface area contributed by atoms with E-state index >= 15 is 0 Å². The molecule has 0 aliphatic heterocycles. The van der Waals surface area contributed by atoms with Crippen LogP contribution in [0.25, 0.3) is 10.2 Å². The van der Waals surface area contributed by atoms with E-state index in [1.807, 2.05) is 30.7 Å². The van der Waals surface area contributed by atoms with E-state index in [4.69, 9.17) is 16.6 Å². The number of benzene rings is 2. The summed E-state index contributed by atoms with van der Waals surface area (Å²) >= 11 is 7.64. The molecular weight excluding hydrogens is 423 g/mol. The molecule has 5 nitrogen and oxygen atoms in total. The van der Waals surface area contributed by atoms with E-state index in [0.717, 1.165) is 27.4 Å². The molecular formula is C22H20ClFN4OS. The molecule has 4 aromatic rings. The Hall–Kier alpha value is -2.77. The SMILES string of the molecule is Cc1ccc2sc(N(CCCn3ccnc3)C(=O)c3ccc(F)cc3Cl)nc2c1C. The molecule has 4 rings (SSSR count). The first kappa shape index (κ1) is 20.5. The van der Waals surface area contributed by atoms with Crippen molar-refractivity contribution in [2.24, 2.45) is 0 Å². The van der Waals surface area contributed by atoms with Gasteiger partial charge in [-0.05, 0) is 55.7 Å². The number of hydrogen-bond donors (Lipinski definition) is 0. The molecule has 0 unspecified atom stereocenters. The first-order valence-corrected chi connectivity index (χ1v) is 10.7. The summed E-state index contributed by atoms with van der Waals surface area (Å²) in [6.07, 6.45) is 6.05. The molecule has 0 spiro atoms. The standard InChI is InChI=1S/C22H20ClFN4OS/c1-14-4-7-19-20(15(14)2)26-22(30-19)28(10-3-9-27-11-8-25-13-27)21(29)17-6-5-16(24)12-18(17)23/h4-8,11-13H,3,9-10H2,1-2H3. The smallest absolute Gasteiger partial charge is 0.261 e. The predicted molar refractivity (Wildman–Crippen MR) is 119 cm³/mol. The van der Waals surface area contributed by atoms with Crippen LogP contribution in [-0.4, -0.2) is 27.0 Å². The Bertz CT molecular complexity index is 1210. The summed E-state index contributed by atoms with van der Waals surface area (Å²) in [5.74, 6) is -0.770. The Balaban J connectivity index is 1.69. The highest BCUT2D eigenvalue weighted by atomic mass is 35.5. The predicted octanol–water partition coefficient (Wildman–Crippen LogP) is 5.64. The molecule has 0 N–H and O–H groups in total. The van der Waals surface area contributed by atoms with Crippen molar-refractivity contribution in [3.05, 3.63) is 76.6 Å². The average molecular weight is 443 g/mol. The van der Waals surface area contributed by atoms with Gasteiger partial charge < -0.3 is 4.57 Å². The van der Waals surface area contributed by atoms with E-state index < -0.39 is 5.82 Å². The van der Waals surface area contributed by atoms with Crippen LogP contribution in [0.5, 0.6) is 0 Å². The van der Waals surface area contributed by atoms with Gasteiger partial charge in [-0.2, -0.15) is 0 Å². The number of thiazole rings is 1. The van der Waals surface area contributed by atoms with Crippen molar-refractivity contribution in [1.82, 2.24) is 14.5 Å². The fraction of sp³-hybridized carbons (Fsp3) is 0.227. The Morgan fingerprint density at radius 2 is 2.10 bits per heavy atom. The molecule has 154 valence electrons. The molecule has 0 saturated carbocycles. The summed E-state index contributed by atoms with van der Waals surface area (Å²) in [7, 11) is 0. The maximum Gasteiger partial charge on any atom is 0.261 e. The number of carbonyl (C=O) groups is 1. The molecule has 2 aromatic heterocycles. The Labute approximate surface area is 182 Å². The molecule has 2 heterocycles. The van der Waals surface area contributed by atoms with Crippen LogP contribution in [0, 0.1) is 19.7 Å². The summed E-state index contributed by atoms with van der Waals surface area (Å²) in [6.45, 7) is 5.23. The maximum atomic E-state index is 13.5. The molecule has 1 amide bonds. The number of aryl methyl sites for hydroxylation is 3. The molecule has 0 aliphatic carbocycles. The van der Waals surface area contributed by atoms with Crippen LogP contribution in [0.4, 0.5) is 9.52 Å². The zero-order valence-corrected chi connectivity index (χ0v) is 18.2. The average Bonchev–Trinajstić information content (AvgIpc) is 3.38. The number of hydrogen-bond acceptors (Lipinski definition) is 4. The van der Waals surface area contributed by atoms with Crippen molar-refractivity contribution < 1.29 is 9.18 Å². The minimum absolute atomic E-state index is 0.0905. The second-order valence-electron chi connectivity index (χ2n) is 7.09. The van der Waals surface area contributed by atoms with E-state index in [0.29, 0.717) is 24.6 Å². The first-order chi connectivity index (χ1) is 14.4. The highest BCUT2D eigenvalue weighted by molar-refractivity contribution is 7.22. The van der Waals surface area contributed by atoms with Gasteiger partial charge in [-0.15, -0.1) is 0 Å². The van der Waals surface area contributed by atoms with Crippen molar-refractivity contribution in [2.75, 3.05) is 11.4 Å². The number of nitrogens with zero attached hydrogens (tertiary/aromatic N) is 4. The lowest BCUT2D eigenvalue weighted by Gasteiger charge is -2.20. The number of fused-ring (bicyclic) bond motifs is 1. The third-order valence-corrected chi connectivity index (χ3v) is 6.42. The number of imidazole rings is 1. The van der Waals surface area contributed by atoms with E-state index in [9.17, 15) is 9.18 Å². The van der Waals surface area contributed by atoms with Crippen molar-refractivity contribution >= 4 is 44.2 Å². The van der Waals surface area contributed by atoms with Crippen LogP contribution >= 0.6 is 22.9 Å². The molecule has 0 aliphatic rings. The fourth-order valence-electron chi connectivity index (χ4n) is 3.25. The fourth-order valence-corrected chi connectivity index (χ4v) is 4.55. The van der Waals surface area contributed by atoms with Gasteiger partial charge in [0.15, 0.2) is 5.13 Å². The molecule has 0 atom stereocenters. The third kappa shape index (κ3) is 4.08. The molecule has 0 radical (unpaired) electrons.